The summed E-state index contributed by atoms with van der Waals surface area (Å²) in [7, 11) is 1.82. The number of nitrogens with one attached hydrogen (secondary N) is 1. The Morgan fingerprint density at radius 3 is 2.84 bits per heavy atom. The van der Waals surface area contributed by atoms with Crippen molar-refractivity contribution in [3.63, 3.8) is 0 Å². The largest absolute Gasteiger partial charge is 0.372 e. The number of aromatic nitrogens is 2. The molecule has 100 valence electrons. The molecule has 0 aliphatic heterocycles. The lowest BCUT2D eigenvalue weighted by atomic mass is 10.4. The van der Waals surface area contributed by atoms with Gasteiger partial charge in [0.05, 0.1) is 15.9 Å². The van der Waals surface area contributed by atoms with Crippen LogP contribution in [0.15, 0.2) is 33.6 Å². The predicted octanol–water partition coefficient (Wildman–Crippen LogP) is 4.02. The molecule has 0 aliphatic carbocycles. The van der Waals surface area contributed by atoms with Gasteiger partial charge in [-0.2, -0.15) is 0 Å². The third kappa shape index (κ3) is 3.67. The summed E-state index contributed by atoms with van der Waals surface area (Å²) in [5.41, 5.74) is 0.884. The van der Waals surface area contributed by atoms with E-state index in [9.17, 15) is 4.39 Å². The van der Waals surface area contributed by atoms with E-state index in [0.29, 0.717) is 5.75 Å². The molecular formula is C13H13BrFN3S. The van der Waals surface area contributed by atoms with Gasteiger partial charge in [0, 0.05) is 11.9 Å². The summed E-state index contributed by atoms with van der Waals surface area (Å²) in [4.78, 5) is 9.68. The fourth-order valence-electron chi connectivity index (χ4n) is 1.55. The molecule has 0 fully saturated rings. The van der Waals surface area contributed by atoms with Crippen LogP contribution in [0, 0.1) is 12.7 Å². The van der Waals surface area contributed by atoms with Crippen LogP contribution in [0.3, 0.4) is 0 Å². The summed E-state index contributed by atoms with van der Waals surface area (Å²) in [6, 6.07) is 6.52. The van der Waals surface area contributed by atoms with E-state index in [4.69, 9.17) is 0 Å². The minimum Gasteiger partial charge on any atom is -0.372 e. The van der Waals surface area contributed by atoms with Gasteiger partial charge in [-0.1, -0.05) is 6.07 Å². The number of halogens is 2. The van der Waals surface area contributed by atoms with Gasteiger partial charge in [0.15, 0.2) is 0 Å². The smallest absolute Gasteiger partial charge is 0.144 e. The van der Waals surface area contributed by atoms with E-state index in [-0.39, 0.29) is 5.82 Å². The molecule has 0 saturated heterocycles. The lowest BCUT2D eigenvalue weighted by Crippen LogP contribution is -2.02. The standard InChI is InChI=1S/C13H13BrFN3S/c1-8-12(14)13(16-2)18-11(17-8)7-19-10-5-3-4-9(15)6-10/h3-6H,7H2,1-2H3,(H,16,17,18). The minimum atomic E-state index is -0.228. The van der Waals surface area contributed by atoms with Crippen LogP contribution in [0.4, 0.5) is 10.2 Å². The summed E-state index contributed by atoms with van der Waals surface area (Å²) in [5.74, 6) is 1.86. The van der Waals surface area contributed by atoms with Crippen LogP contribution in [0.5, 0.6) is 0 Å². The van der Waals surface area contributed by atoms with Gasteiger partial charge in [0.1, 0.15) is 17.5 Å². The second-order valence-corrected chi connectivity index (χ2v) is 5.73. The van der Waals surface area contributed by atoms with Crippen LogP contribution < -0.4 is 5.32 Å². The second-order valence-electron chi connectivity index (χ2n) is 3.88. The molecule has 0 amide bonds. The first kappa shape index (κ1) is 14.3. The maximum absolute atomic E-state index is 13.1. The number of benzene rings is 1. The lowest BCUT2D eigenvalue weighted by molar-refractivity contribution is 0.624. The molecule has 0 aliphatic rings. The normalized spacial score (nSPS) is 10.5. The van der Waals surface area contributed by atoms with E-state index in [1.807, 2.05) is 20.0 Å². The summed E-state index contributed by atoms with van der Waals surface area (Å²) >= 11 is 4.95. The van der Waals surface area contributed by atoms with Crippen molar-refractivity contribution >= 4 is 33.5 Å². The topological polar surface area (TPSA) is 37.8 Å². The molecule has 19 heavy (non-hydrogen) atoms. The van der Waals surface area contributed by atoms with Crippen LogP contribution in [0.1, 0.15) is 11.5 Å². The van der Waals surface area contributed by atoms with Crippen LogP contribution in [0.2, 0.25) is 0 Å². The van der Waals surface area contributed by atoms with Gasteiger partial charge in [-0.05, 0) is 41.1 Å². The van der Waals surface area contributed by atoms with E-state index in [0.717, 1.165) is 26.7 Å². The van der Waals surface area contributed by atoms with E-state index < -0.39 is 0 Å². The Bertz CT molecular complexity index is 592. The molecule has 2 rings (SSSR count). The molecule has 0 saturated carbocycles. The molecule has 0 spiro atoms. The third-order valence-corrected chi connectivity index (χ3v) is 4.40. The van der Waals surface area contributed by atoms with E-state index >= 15 is 0 Å². The Morgan fingerprint density at radius 1 is 1.37 bits per heavy atom. The maximum atomic E-state index is 13.1. The highest BCUT2D eigenvalue weighted by Crippen LogP contribution is 2.26. The number of hydrogen-bond acceptors (Lipinski definition) is 4. The highest BCUT2D eigenvalue weighted by molar-refractivity contribution is 9.10. The molecule has 1 aromatic heterocycles. The van der Waals surface area contributed by atoms with Crippen molar-refractivity contribution in [2.75, 3.05) is 12.4 Å². The summed E-state index contributed by atoms with van der Waals surface area (Å²) in [6.07, 6.45) is 0. The first-order valence-electron chi connectivity index (χ1n) is 5.69. The summed E-state index contributed by atoms with van der Waals surface area (Å²) in [5, 5.41) is 3.02. The van der Waals surface area contributed by atoms with Crippen molar-refractivity contribution in [1.29, 1.82) is 0 Å². The lowest BCUT2D eigenvalue weighted by Gasteiger charge is -2.08. The zero-order valence-electron chi connectivity index (χ0n) is 10.6. The first-order valence-corrected chi connectivity index (χ1v) is 7.47. The first-order chi connectivity index (χ1) is 9.10. The van der Waals surface area contributed by atoms with Gasteiger partial charge in [-0.3, -0.25) is 0 Å². The predicted molar refractivity (Wildman–Crippen MR) is 80.0 cm³/mol. The number of thioether (sulfide) groups is 1. The zero-order valence-corrected chi connectivity index (χ0v) is 13.0. The fraction of sp³-hybridized carbons (Fsp3) is 0.231. The average Bonchev–Trinajstić information content (AvgIpc) is 2.40. The molecule has 3 nitrogen and oxygen atoms in total. The monoisotopic (exact) mass is 341 g/mol. The molecule has 0 unspecified atom stereocenters. The van der Waals surface area contributed by atoms with Gasteiger partial charge in [-0.15, -0.1) is 11.8 Å². The van der Waals surface area contributed by atoms with E-state index in [1.165, 1.54) is 23.9 Å². The van der Waals surface area contributed by atoms with Gasteiger partial charge < -0.3 is 5.32 Å². The Hall–Kier alpha value is -1.14. The highest BCUT2D eigenvalue weighted by atomic mass is 79.9. The molecule has 1 N–H and O–H groups in total. The second kappa shape index (κ2) is 6.34. The minimum absolute atomic E-state index is 0.228. The van der Waals surface area contributed by atoms with Crippen molar-refractivity contribution < 1.29 is 4.39 Å². The Labute approximate surface area is 124 Å². The fourth-order valence-corrected chi connectivity index (χ4v) is 2.72. The SMILES string of the molecule is CNc1nc(CSc2cccc(F)c2)nc(C)c1Br. The van der Waals surface area contributed by atoms with Gasteiger partial charge in [0.2, 0.25) is 0 Å². The molecule has 1 aromatic carbocycles. The van der Waals surface area contributed by atoms with Gasteiger partial charge in [0.25, 0.3) is 0 Å². The van der Waals surface area contributed by atoms with E-state index in [2.05, 4.69) is 31.2 Å². The van der Waals surface area contributed by atoms with Crippen molar-refractivity contribution in [1.82, 2.24) is 9.97 Å². The van der Waals surface area contributed by atoms with Crippen LogP contribution in [-0.4, -0.2) is 17.0 Å². The molecule has 0 bridgehead atoms. The van der Waals surface area contributed by atoms with Crippen molar-refractivity contribution in [2.45, 2.75) is 17.6 Å². The van der Waals surface area contributed by atoms with Crippen LogP contribution in [-0.2, 0) is 5.75 Å². The average molecular weight is 342 g/mol. The van der Waals surface area contributed by atoms with E-state index in [1.54, 1.807) is 6.07 Å². The number of nitrogens with zero attached hydrogens (tertiary/aromatic N) is 2. The highest BCUT2D eigenvalue weighted by Gasteiger charge is 2.08. The Balaban J connectivity index is 2.13. The van der Waals surface area contributed by atoms with Crippen molar-refractivity contribution in [3.8, 4) is 0 Å². The van der Waals surface area contributed by atoms with Crippen molar-refractivity contribution in [3.05, 3.63) is 46.1 Å². The summed E-state index contributed by atoms with van der Waals surface area (Å²) in [6.45, 7) is 1.92. The molecule has 1 heterocycles. The third-order valence-electron chi connectivity index (χ3n) is 2.46. The summed E-state index contributed by atoms with van der Waals surface area (Å²) < 4.78 is 13.9. The van der Waals surface area contributed by atoms with Gasteiger partial charge in [-0.25, -0.2) is 14.4 Å². The molecule has 0 atom stereocenters. The Kier molecular flexibility index (Phi) is 4.76. The van der Waals surface area contributed by atoms with Crippen molar-refractivity contribution in [2.24, 2.45) is 0 Å². The molecule has 6 heteroatoms. The number of rotatable bonds is 4. The van der Waals surface area contributed by atoms with Gasteiger partial charge >= 0.3 is 0 Å². The quantitative estimate of drug-likeness (QED) is 0.852. The molecular weight excluding hydrogens is 329 g/mol. The maximum Gasteiger partial charge on any atom is 0.144 e. The number of hydrogen-bond donors (Lipinski definition) is 1. The van der Waals surface area contributed by atoms with Crippen LogP contribution in [0.25, 0.3) is 0 Å². The zero-order chi connectivity index (χ0) is 13.8. The molecule has 2 aromatic rings. The Morgan fingerprint density at radius 2 is 2.16 bits per heavy atom. The van der Waals surface area contributed by atoms with Crippen LogP contribution >= 0.6 is 27.7 Å². The number of anilines is 1. The molecule has 0 radical (unpaired) electrons. The number of aryl methyl sites for hydroxylation is 1.